The Morgan fingerprint density at radius 2 is 2.33 bits per heavy atom. The summed E-state index contributed by atoms with van der Waals surface area (Å²) >= 11 is 5.84. The molecule has 0 aliphatic rings. The van der Waals surface area contributed by atoms with E-state index in [-0.39, 0.29) is 23.5 Å². The summed E-state index contributed by atoms with van der Waals surface area (Å²) in [5.41, 5.74) is 6.80. The van der Waals surface area contributed by atoms with Crippen molar-refractivity contribution in [2.24, 2.45) is 5.73 Å². The van der Waals surface area contributed by atoms with Crippen LogP contribution in [-0.4, -0.2) is 20.9 Å². The molecule has 2 rings (SSSR count). The minimum Gasteiger partial charge on any atom is -0.323 e. The predicted octanol–water partition coefficient (Wildman–Crippen LogP) is 2.12. The number of hydrogen-bond acceptors (Lipinski definition) is 4. The summed E-state index contributed by atoms with van der Waals surface area (Å²) in [6, 6.07) is 3.55. The molecule has 1 heterocycles. The van der Waals surface area contributed by atoms with E-state index >= 15 is 0 Å². The number of carbonyl (C=O) groups is 1. The molecule has 112 valence electrons. The molecule has 0 saturated heterocycles. The van der Waals surface area contributed by atoms with Gasteiger partial charge in [0.1, 0.15) is 12.4 Å². The van der Waals surface area contributed by atoms with Gasteiger partial charge in [-0.05, 0) is 24.6 Å². The smallest absolute Gasteiger partial charge is 0.246 e. The zero-order valence-electron chi connectivity index (χ0n) is 11.4. The first-order valence-electron chi connectivity index (χ1n) is 6.40. The number of nitrogens with one attached hydrogen (secondary N) is 1. The number of nitrogens with two attached hydrogens (primary N) is 1. The Kier molecular flexibility index (Phi) is 4.87. The summed E-state index contributed by atoms with van der Waals surface area (Å²) in [6.45, 7) is 1.91. The predicted molar refractivity (Wildman–Crippen MR) is 77.3 cm³/mol. The van der Waals surface area contributed by atoms with Crippen LogP contribution in [0.2, 0.25) is 5.02 Å². The van der Waals surface area contributed by atoms with Crippen LogP contribution in [-0.2, 0) is 11.3 Å². The first-order valence-corrected chi connectivity index (χ1v) is 6.78. The van der Waals surface area contributed by atoms with Crippen LogP contribution >= 0.6 is 11.6 Å². The van der Waals surface area contributed by atoms with Gasteiger partial charge in [-0.3, -0.25) is 4.79 Å². The van der Waals surface area contributed by atoms with E-state index in [1.54, 1.807) is 6.20 Å². The first kappa shape index (κ1) is 15.4. The largest absolute Gasteiger partial charge is 0.323 e. The highest BCUT2D eigenvalue weighted by Gasteiger charge is 2.11. The molecule has 3 N–H and O–H groups in total. The molecule has 6 nitrogen and oxygen atoms in total. The van der Waals surface area contributed by atoms with Crippen LogP contribution in [0, 0.1) is 5.82 Å². The van der Waals surface area contributed by atoms with Gasteiger partial charge in [-0.25, -0.2) is 9.07 Å². The number of benzene rings is 1. The number of carbonyl (C=O) groups excluding carboxylic acids is 1. The van der Waals surface area contributed by atoms with Gasteiger partial charge in [0.15, 0.2) is 0 Å². The molecule has 8 heteroatoms. The van der Waals surface area contributed by atoms with Crippen LogP contribution in [0.3, 0.4) is 0 Å². The SMILES string of the molecule is CCC(N)c1cn(CC(=O)Nc2ccc(F)cc2Cl)nn1. The lowest BCUT2D eigenvalue weighted by Crippen LogP contribution is -2.19. The number of hydrogen-bond donors (Lipinski definition) is 2. The van der Waals surface area contributed by atoms with E-state index in [0.29, 0.717) is 11.4 Å². The highest BCUT2D eigenvalue weighted by Crippen LogP contribution is 2.22. The van der Waals surface area contributed by atoms with E-state index in [2.05, 4.69) is 15.6 Å². The van der Waals surface area contributed by atoms with Crippen molar-refractivity contribution in [3.05, 3.63) is 40.9 Å². The maximum atomic E-state index is 12.9. The summed E-state index contributed by atoms with van der Waals surface area (Å²) in [5.74, 6) is -0.808. The second-order valence-electron chi connectivity index (χ2n) is 4.53. The standard InChI is InChI=1S/C13H15ClFN5O/c1-2-10(16)12-6-20(19-18-12)7-13(21)17-11-4-3-8(15)5-9(11)14/h3-6,10H,2,7,16H2,1H3,(H,17,21). The van der Waals surface area contributed by atoms with Crippen LogP contribution < -0.4 is 11.1 Å². The van der Waals surface area contributed by atoms with Crippen LogP contribution in [0.1, 0.15) is 25.1 Å². The Labute approximate surface area is 126 Å². The van der Waals surface area contributed by atoms with Crippen molar-refractivity contribution in [3.8, 4) is 0 Å². The molecule has 0 spiro atoms. The average molecular weight is 312 g/mol. The van der Waals surface area contributed by atoms with Gasteiger partial charge in [-0.1, -0.05) is 23.7 Å². The maximum absolute atomic E-state index is 12.9. The normalized spacial score (nSPS) is 12.2. The fourth-order valence-electron chi connectivity index (χ4n) is 1.70. The lowest BCUT2D eigenvalue weighted by molar-refractivity contribution is -0.116. The van der Waals surface area contributed by atoms with Gasteiger partial charge >= 0.3 is 0 Å². The molecular formula is C13H15ClFN5O. The third-order valence-electron chi connectivity index (χ3n) is 2.89. The Morgan fingerprint density at radius 3 is 3.00 bits per heavy atom. The molecule has 1 aromatic carbocycles. The summed E-state index contributed by atoms with van der Waals surface area (Å²) in [4.78, 5) is 11.9. The zero-order valence-corrected chi connectivity index (χ0v) is 12.1. The molecule has 21 heavy (non-hydrogen) atoms. The molecule has 0 bridgehead atoms. The van der Waals surface area contributed by atoms with Crippen molar-refractivity contribution < 1.29 is 9.18 Å². The van der Waals surface area contributed by atoms with E-state index in [4.69, 9.17) is 17.3 Å². The van der Waals surface area contributed by atoms with Crippen LogP contribution in [0.4, 0.5) is 10.1 Å². The van der Waals surface area contributed by atoms with E-state index in [1.807, 2.05) is 6.92 Å². The van der Waals surface area contributed by atoms with Crippen molar-refractivity contribution in [1.29, 1.82) is 0 Å². The third kappa shape index (κ3) is 3.99. The summed E-state index contributed by atoms with van der Waals surface area (Å²) in [6.07, 6.45) is 2.36. The molecule has 0 aliphatic carbocycles. The first-order chi connectivity index (χ1) is 9.99. The average Bonchev–Trinajstić information content (AvgIpc) is 2.89. The molecule has 1 aromatic heterocycles. The zero-order chi connectivity index (χ0) is 15.4. The fourth-order valence-corrected chi connectivity index (χ4v) is 1.91. The third-order valence-corrected chi connectivity index (χ3v) is 3.20. The maximum Gasteiger partial charge on any atom is 0.246 e. The van der Waals surface area contributed by atoms with Gasteiger partial charge in [-0.15, -0.1) is 5.10 Å². The fraction of sp³-hybridized carbons (Fsp3) is 0.308. The lowest BCUT2D eigenvalue weighted by Gasteiger charge is -2.07. The Morgan fingerprint density at radius 1 is 1.57 bits per heavy atom. The second kappa shape index (κ2) is 6.64. The number of halogens is 2. The summed E-state index contributed by atoms with van der Waals surface area (Å²) in [5, 5.41) is 10.5. The molecule has 1 amide bonds. The van der Waals surface area contributed by atoms with Crippen molar-refractivity contribution >= 4 is 23.2 Å². The minimum absolute atomic E-state index is 0.0306. The van der Waals surface area contributed by atoms with Gasteiger partial charge < -0.3 is 11.1 Å². The lowest BCUT2D eigenvalue weighted by atomic mass is 10.2. The van der Waals surface area contributed by atoms with Gasteiger partial charge in [0.2, 0.25) is 5.91 Å². The van der Waals surface area contributed by atoms with E-state index < -0.39 is 5.82 Å². The van der Waals surface area contributed by atoms with Crippen molar-refractivity contribution in [1.82, 2.24) is 15.0 Å². The highest BCUT2D eigenvalue weighted by atomic mass is 35.5. The molecule has 0 fully saturated rings. The topological polar surface area (TPSA) is 85.8 Å². The molecule has 2 aromatic rings. The number of amides is 1. The summed E-state index contributed by atoms with van der Waals surface area (Å²) in [7, 11) is 0. The molecule has 1 unspecified atom stereocenters. The van der Waals surface area contributed by atoms with Crippen molar-refractivity contribution in [2.75, 3.05) is 5.32 Å². The molecule has 1 atom stereocenters. The Bertz CT molecular complexity index is 645. The molecular weight excluding hydrogens is 297 g/mol. The van der Waals surface area contributed by atoms with Gasteiger partial charge in [0.05, 0.1) is 28.6 Å². The minimum atomic E-state index is -0.465. The van der Waals surface area contributed by atoms with Gasteiger partial charge in [0, 0.05) is 0 Å². The Balaban J connectivity index is 2.00. The Hall–Kier alpha value is -1.99. The number of anilines is 1. The van der Waals surface area contributed by atoms with E-state index in [1.165, 1.54) is 16.8 Å². The van der Waals surface area contributed by atoms with Crippen LogP contribution in [0.15, 0.2) is 24.4 Å². The van der Waals surface area contributed by atoms with Crippen LogP contribution in [0.5, 0.6) is 0 Å². The van der Waals surface area contributed by atoms with Crippen molar-refractivity contribution in [2.45, 2.75) is 25.9 Å². The quantitative estimate of drug-likeness (QED) is 0.885. The van der Waals surface area contributed by atoms with Gasteiger partial charge in [-0.2, -0.15) is 0 Å². The number of aromatic nitrogens is 3. The van der Waals surface area contributed by atoms with E-state index in [0.717, 1.165) is 12.5 Å². The molecule has 0 aliphatic heterocycles. The monoisotopic (exact) mass is 311 g/mol. The number of rotatable bonds is 5. The van der Waals surface area contributed by atoms with E-state index in [9.17, 15) is 9.18 Å². The van der Waals surface area contributed by atoms with Crippen molar-refractivity contribution in [3.63, 3.8) is 0 Å². The van der Waals surface area contributed by atoms with Gasteiger partial charge in [0.25, 0.3) is 0 Å². The highest BCUT2D eigenvalue weighted by molar-refractivity contribution is 6.33. The molecule has 0 saturated carbocycles. The molecule has 0 radical (unpaired) electrons. The number of nitrogens with zero attached hydrogens (tertiary/aromatic N) is 3. The summed E-state index contributed by atoms with van der Waals surface area (Å²) < 4.78 is 14.3. The van der Waals surface area contributed by atoms with Crippen LogP contribution in [0.25, 0.3) is 0 Å². The second-order valence-corrected chi connectivity index (χ2v) is 4.94.